The molecule has 1 heterocycles. The van der Waals surface area contributed by atoms with E-state index in [1.165, 1.54) is 5.56 Å². The molecule has 0 spiro atoms. The number of benzene rings is 2. The zero-order valence-corrected chi connectivity index (χ0v) is 16.3. The first-order valence-corrected chi connectivity index (χ1v) is 9.09. The van der Waals surface area contributed by atoms with Crippen LogP contribution in [0.5, 0.6) is 0 Å². The lowest BCUT2D eigenvalue weighted by Gasteiger charge is -2.19. The Hall–Kier alpha value is -2.85. The third-order valence-electron chi connectivity index (χ3n) is 4.15. The summed E-state index contributed by atoms with van der Waals surface area (Å²) in [5.74, 6) is 0.509. The highest BCUT2D eigenvalue weighted by molar-refractivity contribution is 6.30. The van der Waals surface area contributed by atoms with Crippen molar-refractivity contribution in [2.24, 2.45) is 0 Å². The summed E-state index contributed by atoms with van der Waals surface area (Å²) in [5, 5.41) is 6.68. The lowest BCUT2D eigenvalue weighted by Crippen LogP contribution is -2.12. The normalized spacial score (nSPS) is 11.1. The van der Waals surface area contributed by atoms with Crippen LogP contribution in [-0.2, 0) is 5.41 Å². The van der Waals surface area contributed by atoms with Crippen LogP contribution in [0, 0.1) is 0 Å². The number of halogens is 1. The second kappa shape index (κ2) is 7.80. The molecule has 3 aromatic rings. The summed E-state index contributed by atoms with van der Waals surface area (Å²) in [6.07, 6.45) is 1.62. The second-order valence-electron chi connectivity index (χ2n) is 7.35. The van der Waals surface area contributed by atoms with Crippen LogP contribution in [0.4, 0.5) is 17.2 Å². The van der Waals surface area contributed by atoms with Gasteiger partial charge >= 0.3 is 0 Å². The Morgan fingerprint density at radius 2 is 1.52 bits per heavy atom. The number of nitrogens with one attached hydrogen (secondary N) is 2. The first-order chi connectivity index (χ1) is 12.8. The molecular weight excluding hydrogens is 358 g/mol. The quantitative estimate of drug-likeness (QED) is 0.582. The molecule has 0 radical (unpaired) electrons. The summed E-state index contributed by atoms with van der Waals surface area (Å²) in [5.41, 5.74) is 3.54. The number of pyridine rings is 1. The van der Waals surface area contributed by atoms with Crippen molar-refractivity contribution in [3.05, 3.63) is 83.0 Å². The molecule has 0 atom stereocenters. The minimum absolute atomic E-state index is 0.126. The van der Waals surface area contributed by atoms with Crippen LogP contribution in [0.2, 0.25) is 5.02 Å². The zero-order chi connectivity index (χ0) is 19.4. The molecule has 4 nitrogen and oxygen atoms in total. The van der Waals surface area contributed by atoms with E-state index in [1.54, 1.807) is 30.5 Å². The van der Waals surface area contributed by atoms with E-state index in [-0.39, 0.29) is 11.3 Å². The summed E-state index contributed by atoms with van der Waals surface area (Å²) in [7, 11) is 0. The van der Waals surface area contributed by atoms with E-state index in [1.807, 2.05) is 24.3 Å². The molecule has 1 aromatic heterocycles. The molecule has 3 rings (SSSR count). The Bertz CT molecular complexity index is 912. The first kappa shape index (κ1) is 18.9. The lowest BCUT2D eigenvalue weighted by atomic mass is 9.87. The van der Waals surface area contributed by atoms with Crippen molar-refractivity contribution in [1.82, 2.24) is 4.98 Å². The van der Waals surface area contributed by atoms with Gasteiger partial charge in [-0.3, -0.25) is 4.79 Å². The third-order valence-corrected chi connectivity index (χ3v) is 4.40. The molecule has 1 amide bonds. The largest absolute Gasteiger partial charge is 0.340 e. The molecule has 0 fully saturated rings. The fourth-order valence-corrected chi connectivity index (χ4v) is 2.67. The van der Waals surface area contributed by atoms with Crippen molar-refractivity contribution in [2.45, 2.75) is 26.2 Å². The molecule has 0 unspecified atom stereocenters. The van der Waals surface area contributed by atoms with E-state index in [2.05, 4.69) is 48.5 Å². The Kier molecular flexibility index (Phi) is 5.47. The standard InChI is InChI=1S/C22H22ClN3O/c1-22(2,3)16-6-10-18(11-7-16)25-20-13-12-19(14-24-20)26-21(27)15-4-8-17(23)9-5-15/h4-14H,1-3H3,(H,24,25)(H,26,27). The number of anilines is 3. The topological polar surface area (TPSA) is 54.0 Å². The van der Waals surface area contributed by atoms with Gasteiger partial charge in [0.15, 0.2) is 0 Å². The van der Waals surface area contributed by atoms with Gasteiger partial charge in [-0.1, -0.05) is 44.5 Å². The van der Waals surface area contributed by atoms with Crippen molar-refractivity contribution in [2.75, 3.05) is 10.6 Å². The van der Waals surface area contributed by atoms with Gasteiger partial charge in [-0.05, 0) is 59.5 Å². The average molecular weight is 380 g/mol. The van der Waals surface area contributed by atoms with Gasteiger partial charge in [0, 0.05) is 16.3 Å². The number of hydrogen-bond acceptors (Lipinski definition) is 3. The van der Waals surface area contributed by atoms with E-state index in [4.69, 9.17) is 11.6 Å². The van der Waals surface area contributed by atoms with Crippen LogP contribution >= 0.6 is 11.6 Å². The minimum atomic E-state index is -0.202. The number of carbonyl (C=O) groups excluding carboxylic acids is 1. The molecule has 2 aromatic carbocycles. The SMILES string of the molecule is CC(C)(C)c1ccc(Nc2ccc(NC(=O)c3ccc(Cl)cc3)cn2)cc1. The number of nitrogens with zero attached hydrogens (tertiary/aromatic N) is 1. The molecule has 0 saturated carbocycles. The van der Waals surface area contributed by atoms with E-state index >= 15 is 0 Å². The van der Waals surface area contributed by atoms with Gasteiger partial charge in [0.05, 0.1) is 11.9 Å². The average Bonchev–Trinajstić information content (AvgIpc) is 2.63. The van der Waals surface area contributed by atoms with Crippen LogP contribution in [0.3, 0.4) is 0 Å². The molecule has 0 aliphatic carbocycles. The van der Waals surface area contributed by atoms with Crippen molar-refractivity contribution >= 4 is 34.7 Å². The fraction of sp³-hybridized carbons (Fsp3) is 0.182. The minimum Gasteiger partial charge on any atom is -0.340 e. The Morgan fingerprint density at radius 1 is 0.889 bits per heavy atom. The van der Waals surface area contributed by atoms with Crippen molar-refractivity contribution < 1.29 is 4.79 Å². The number of rotatable bonds is 4. The predicted molar refractivity (Wildman–Crippen MR) is 112 cm³/mol. The highest BCUT2D eigenvalue weighted by atomic mass is 35.5. The van der Waals surface area contributed by atoms with Crippen LogP contribution in [0.1, 0.15) is 36.7 Å². The lowest BCUT2D eigenvalue weighted by molar-refractivity contribution is 0.102. The van der Waals surface area contributed by atoms with Gasteiger partial charge in [-0.25, -0.2) is 4.98 Å². The highest BCUT2D eigenvalue weighted by Gasteiger charge is 2.13. The van der Waals surface area contributed by atoms with Gasteiger partial charge in [0.2, 0.25) is 0 Å². The summed E-state index contributed by atoms with van der Waals surface area (Å²) in [6, 6.07) is 18.7. The van der Waals surface area contributed by atoms with Crippen LogP contribution in [0.25, 0.3) is 0 Å². The number of aromatic nitrogens is 1. The molecule has 27 heavy (non-hydrogen) atoms. The highest BCUT2D eigenvalue weighted by Crippen LogP contribution is 2.24. The monoisotopic (exact) mass is 379 g/mol. The molecule has 2 N–H and O–H groups in total. The molecule has 0 bridgehead atoms. The summed E-state index contributed by atoms with van der Waals surface area (Å²) >= 11 is 5.84. The van der Waals surface area contributed by atoms with E-state index in [9.17, 15) is 4.79 Å². The Morgan fingerprint density at radius 3 is 2.07 bits per heavy atom. The number of carbonyl (C=O) groups is 1. The van der Waals surface area contributed by atoms with Gasteiger partial charge in [-0.2, -0.15) is 0 Å². The van der Waals surface area contributed by atoms with Gasteiger partial charge in [-0.15, -0.1) is 0 Å². The van der Waals surface area contributed by atoms with E-state index in [0.717, 1.165) is 5.69 Å². The summed E-state index contributed by atoms with van der Waals surface area (Å²) in [6.45, 7) is 6.57. The van der Waals surface area contributed by atoms with Crippen molar-refractivity contribution in [3.63, 3.8) is 0 Å². The Labute approximate surface area is 164 Å². The van der Waals surface area contributed by atoms with E-state index < -0.39 is 0 Å². The predicted octanol–water partition coefficient (Wildman–Crippen LogP) is 6.03. The molecule has 5 heteroatoms. The molecule has 0 aliphatic heterocycles. The maximum absolute atomic E-state index is 12.2. The van der Waals surface area contributed by atoms with E-state index in [0.29, 0.717) is 22.1 Å². The molecule has 138 valence electrons. The van der Waals surface area contributed by atoms with Gasteiger partial charge < -0.3 is 10.6 Å². The number of hydrogen-bond donors (Lipinski definition) is 2. The van der Waals surface area contributed by atoms with Gasteiger partial charge in [0.25, 0.3) is 5.91 Å². The summed E-state index contributed by atoms with van der Waals surface area (Å²) in [4.78, 5) is 16.6. The van der Waals surface area contributed by atoms with Crippen LogP contribution in [0.15, 0.2) is 66.9 Å². The first-order valence-electron chi connectivity index (χ1n) is 8.72. The maximum Gasteiger partial charge on any atom is 0.255 e. The summed E-state index contributed by atoms with van der Waals surface area (Å²) < 4.78 is 0. The smallest absolute Gasteiger partial charge is 0.255 e. The van der Waals surface area contributed by atoms with Gasteiger partial charge in [0.1, 0.15) is 5.82 Å². The Balaban J connectivity index is 1.63. The fourth-order valence-electron chi connectivity index (χ4n) is 2.55. The second-order valence-corrected chi connectivity index (χ2v) is 7.78. The van der Waals surface area contributed by atoms with Crippen molar-refractivity contribution in [3.8, 4) is 0 Å². The molecule has 0 saturated heterocycles. The maximum atomic E-state index is 12.2. The van der Waals surface area contributed by atoms with Crippen LogP contribution in [-0.4, -0.2) is 10.9 Å². The zero-order valence-electron chi connectivity index (χ0n) is 15.6. The third kappa shape index (κ3) is 5.08. The van der Waals surface area contributed by atoms with Crippen molar-refractivity contribution in [1.29, 1.82) is 0 Å². The molecular formula is C22H22ClN3O. The molecule has 0 aliphatic rings. The van der Waals surface area contributed by atoms with Crippen LogP contribution < -0.4 is 10.6 Å². The number of amides is 1.